The molecule has 0 radical (unpaired) electrons. The molecule has 0 saturated heterocycles. The monoisotopic (exact) mass is 357 g/mol. The smallest absolute Gasteiger partial charge is 0.408 e. The highest BCUT2D eigenvalue weighted by Crippen LogP contribution is 2.26. The highest BCUT2D eigenvalue weighted by molar-refractivity contribution is 9.11. The van der Waals surface area contributed by atoms with E-state index in [1.165, 1.54) is 6.07 Å². The third kappa shape index (κ3) is 4.05. The van der Waals surface area contributed by atoms with Crippen molar-refractivity contribution in [3.8, 4) is 0 Å². The van der Waals surface area contributed by atoms with Crippen molar-refractivity contribution in [3.05, 3.63) is 56.4 Å². The lowest BCUT2D eigenvalue weighted by Crippen LogP contribution is -2.24. The first-order chi connectivity index (χ1) is 9.56. The van der Waals surface area contributed by atoms with Gasteiger partial charge in [0.25, 0.3) is 0 Å². The van der Waals surface area contributed by atoms with E-state index in [2.05, 4.69) is 21.2 Å². The van der Waals surface area contributed by atoms with Crippen molar-refractivity contribution in [3.63, 3.8) is 0 Å². The second-order valence-corrected chi connectivity index (χ2v) is 6.48. The number of alkyl carbamates (subject to hydrolysis) is 1. The zero-order valence-corrected chi connectivity index (χ0v) is 13.1. The predicted molar refractivity (Wildman–Crippen MR) is 80.2 cm³/mol. The van der Waals surface area contributed by atoms with Crippen LogP contribution in [0.1, 0.15) is 24.2 Å². The first-order valence-electron chi connectivity index (χ1n) is 5.99. The number of ether oxygens (including phenoxy) is 1. The molecule has 1 aromatic carbocycles. The van der Waals surface area contributed by atoms with Gasteiger partial charge in [-0.25, -0.2) is 4.79 Å². The Morgan fingerprint density at radius 2 is 2.15 bits per heavy atom. The van der Waals surface area contributed by atoms with Crippen LogP contribution in [0, 0.1) is 5.13 Å². The fraction of sp³-hybridized carbons (Fsp3) is 0.214. The second kappa shape index (κ2) is 6.85. The van der Waals surface area contributed by atoms with Gasteiger partial charge in [-0.2, -0.15) is 4.39 Å². The van der Waals surface area contributed by atoms with Crippen molar-refractivity contribution in [1.29, 1.82) is 0 Å². The summed E-state index contributed by atoms with van der Waals surface area (Å²) in [6, 6.07) is 10.8. The van der Waals surface area contributed by atoms with Crippen molar-refractivity contribution in [2.75, 3.05) is 0 Å². The number of nitrogens with one attached hydrogen (secondary N) is 1. The molecular formula is C14H13BrFNO2S. The highest BCUT2D eigenvalue weighted by Gasteiger charge is 2.12. The number of hydrogen-bond donors (Lipinski definition) is 1. The van der Waals surface area contributed by atoms with Crippen LogP contribution in [0.25, 0.3) is 0 Å². The van der Waals surface area contributed by atoms with Crippen LogP contribution < -0.4 is 5.32 Å². The van der Waals surface area contributed by atoms with Crippen LogP contribution in [-0.4, -0.2) is 6.09 Å². The zero-order valence-electron chi connectivity index (χ0n) is 10.7. The maximum atomic E-state index is 13.0. The largest absolute Gasteiger partial charge is 0.442 e. The molecule has 0 fully saturated rings. The molecule has 0 aliphatic rings. The van der Waals surface area contributed by atoms with E-state index >= 15 is 0 Å². The van der Waals surface area contributed by atoms with E-state index in [-0.39, 0.29) is 17.8 Å². The predicted octanol–water partition coefficient (Wildman–Crippen LogP) is 4.64. The van der Waals surface area contributed by atoms with Crippen molar-refractivity contribution in [2.24, 2.45) is 0 Å². The summed E-state index contributed by atoms with van der Waals surface area (Å²) in [4.78, 5) is 11.7. The summed E-state index contributed by atoms with van der Waals surface area (Å²) in [7, 11) is 0. The molecule has 0 aliphatic heterocycles. The topological polar surface area (TPSA) is 38.3 Å². The van der Waals surface area contributed by atoms with Gasteiger partial charge >= 0.3 is 6.09 Å². The Morgan fingerprint density at radius 3 is 2.75 bits per heavy atom. The van der Waals surface area contributed by atoms with Crippen LogP contribution in [0.4, 0.5) is 9.18 Å². The van der Waals surface area contributed by atoms with Crippen molar-refractivity contribution < 1.29 is 13.9 Å². The number of carbonyl (C=O) groups is 1. The Balaban J connectivity index is 1.85. The molecule has 6 heteroatoms. The summed E-state index contributed by atoms with van der Waals surface area (Å²) in [6.45, 7) is 2.02. The van der Waals surface area contributed by atoms with Crippen LogP contribution in [0.5, 0.6) is 0 Å². The number of amides is 1. The minimum absolute atomic E-state index is 0.224. The Bertz CT molecular complexity index is 588. The lowest BCUT2D eigenvalue weighted by atomic mass is 10.1. The summed E-state index contributed by atoms with van der Waals surface area (Å²) in [5.74, 6) is 0. The lowest BCUT2D eigenvalue weighted by Gasteiger charge is -2.14. The average molecular weight is 358 g/mol. The van der Waals surface area contributed by atoms with Gasteiger partial charge in [0.05, 0.1) is 3.79 Å². The van der Waals surface area contributed by atoms with Crippen LogP contribution in [-0.2, 0) is 11.3 Å². The Morgan fingerprint density at radius 1 is 1.45 bits per heavy atom. The van der Waals surface area contributed by atoms with E-state index in [1.54, 1.807) is 6.92 Å². The third-order valence-corrected chi connectivity index (χ3v) is 4.45. The van der Waals surface area contributed by atoms with Gasteiger partial charge in [0, 0.05) is 6.54 Å². The van der Waals surface area contributed by atoms with E-state index in [9.17, 15) is 9.18 Å². The van der Waals surface area contributed by atoms with Crippen molar-refractivity contribution in [2.45, 2.75) is 19.6 Å². The van der Waals surface area contributed by atoms with E-state index in [1.807, 2.05) is 30.3 Å². The molecule has 0 bridgehead atoms. The molecule has 1 amide bonds. The molecule has 1 heterocycles. The number of carbonyl (C=O) groups excluding carboxylic acids is 1. The zero-order chi connectivity index (χ0) is 14.5. The number of benzene rings is 1. The molecule has 0 saturated carbocycles. The number of hydrogen-bond acceptors (Lipinski definition) is 3. The van der Waals surface area contributed by atoms with Crippen LogP contribution in [0.3, 0.4) is 0 Å². The highest BCUT2D eigenvalue weighted by atomic mass is 79.9. The van der Waals surface area contributed by atoms with Gasteiger partial charge in [0.2, 0.25) is 0 Å². The fourth-order valence-corrected chi connectivity index (χ4v) is 3.01. The first-order valence-corrected chi connectivity index (χ1v) is 7.60. The fourth-order valence-electron chi connectivity index (χ4n) is 1.66. The van der Waals surface area contributed by atoms with Gasteiger partial charge in [-0.1, -0.05) is 41.7 Å². The first kappa shape index (κ1) is 15.0. The molecule has 20 heavy (non-hydrogen) atoms. The standard InChI is InChI=1S/C14H13BrFNO2S/c1-9(10-5-3-2-4-6-10)19-14(18)17-8-11-7-12(16)20-13(11)15/h2-7,9H,8H2,1H3,(H,17,18)/t9-/m1/s1. The van der Waals surface area contributed by atoms with E-state index in [0.29, 0.717) is 9.35 Å². The van der Waals surface area contributed by atoms with E-state index in [4.69, 9.17) is 4.74 Å². The van der Waals surface area contributed by atoms with Gasteiger partial charge in [-0.3, -0.25) is 0 Å². The number of thiophene rings is 1. The SMILES string of the molecule is C[C@@H](OC(=O)NCc1cc(F)sc1Br)c1ccccc1. The Hall–Kier alpha value is -1.40. The number of rotatable bonds is 4. The molecule has 0 aliphatic carbocycles. The summed E-state index contributed by atoms with van der Waals surface area (Å²) in [5, 5.41) is 2.31. The minimum Gasteiger partial charge on any atom is -0.442 e. The summed E-state index contributed by atoms with van der Waals surface area (Å²) >= 11 is 4.23. The van der Waals surface area contributed by atoms with E-state index < -0.39 is 6.09 Å². The normalized spacial score (nSPS) is 11.9. The molecule has 0 unspecified atom stereocenters. The van der Waals surface area contributed by atoms with Gasteiger partial charge < -0.3 is 10.1 Å². The third-order valence-electron chi connectivity index (χ3n) is 2.70. The molecular weight excluding hydrogens is 345 g/mol. The molecule has 106 valence electrons. The van der Waals surface area contributed by atoms with E-state index in [0.717, 1.165) is 16.9 Å². The van der Waals surface area contributed by atoms with Gasteiger partial charge in [-0.15, -0.1) is 0 Å². The number of halogens is 2. The van der Waals surface area contributed by atoms with Crippen LogP contribution in [0.15, 0.2) is 40.2 Å². The molecule has 1 N–H and O–H groups in total. The molecule has 2 rings (SSSR count). The minimum atomic E-state index is -0.528. The van der Waals surface area contributed by atoms with Crippen molar-refractivity contribution in [1.82, 2.24) is 5.32 Å². The van der Waals surface area contributed by atoms with Crippen LogP contribution >= 0.6 is 27.3 Å². The molecule has 0 spiro atoms. The Kier molecular flexibility index (Phi) is 5.14. The van der Waals surface area contributed by atoms with Crippen molar-refractivity contribution >= 4 is 33.4 Å². The van der Waals surface area contributed by atoms with Gasteiger partial charge in [0.15, 0.2) is 5.13 Å². The molecule has 3 nitrogen and oxygen atoms in total. The van der Waals surface area contributed by atoms with Gasteiger partial charge in [-0.05, 0) is 40.0 Å². The molecule has 1 atom stereocenters. The quantitative estimate of drug-likeness (QED) is 0.865. The lowest BCUT2D eigenvalue weighted by molar-refractivity contribution is 0.106. The summed E-state index contributed by atoms with van der Waals surface area (Å²) in [5.41, 5.74) is 1.61. The van der Waals surface area contributed by atoms with Gasteiger partial charge in [0.1, 0.15) is 6.10 Å². The molecule has 2 aromatic rings. The summed E-state index contributed by atoms with van der Waals surface area (Å²) < 4.78 is 18.9. The maximum absolute atomic E-state index is 13.0. The maximum Gasteiger partial charge on any atom is 0.408 e. The second-order valence-electron chi connectivity index (χ2n) is 4.16. The Labute approximate surface area is 128 Å². The molecule has 1 aromatic heterocycles. The van der Waals surface area contributed by atoms with Crippen LogP contribution in [0.2, 0.25) is 0 Å². The summed E-state index contributed by atoms with van der Waals surface area (Å²) in [6.07, 6.45) is -0.862. The average Bonchev–Trinajstić information content (AvgIpc) is 2.75.